The van der Waals surface area contributed by atoms with Crippen LogP contribution in [-0.2, 0) is 22.6 Å². The molecule has 0 amide bonds. The van der Waals surface area contributed by atoms with Crippen LogP contribution in [0.3, 0.4) is 0 Å². The van der Waals surface area contributed by atoms with Gasteiger partial charge in [0.2, 0.25) is 0 Å². The van der Waals surface area contributed by atoms with Crippen LogP contribution in [0.25, 0.3) is 0 Å². The largest absolute Gasteiger partial charge is 0.481 e. The number of hydrogen-bond donors (Lipinski definition) is 1. The minimum Gasteiger partial charge on any atom is -0.481 e. The molecule has 4 heteroatoms. The second kappa shape index (κ2) is 5.27. The Morgan fingerprint density at radius 2 is 2.24 bits per heavy atom. The highest BCUT2D eigenvalue weighted by Crippen LogP contribution is 2.29. The summed E-state index contributed by atoms with van der Waals surface area (Å²) in [5, 5.41) is 8.59. The fourth-order valence-electron chi connectivity index (χ4n) is 1.61. The zero-order valence-electron chi connectivity index (χ0n) is 9.49. The highest BCUT2D eigenvalue weighted by atomic mass is 19.1. The molecule has 0 heterocycles. The van der Waals surface area contributed by atoms with E-state index in [0.29, 0.717) is 23.7 Å². The van der Waals surface area contributed by atoms with E-state index >= 15 is 0 Å². The highest BCUT2D eigenvalue weighted by molar-refractivity contribution is 5.70. The van der Waals surface area contributed by atoms with Gasteiger partial charge in [-0.3, -0.25) is 4.79 Å². The fraction of sp³-hybridized carbons (Fsp3) is 0.462. The van der Waals surface area contributed by atoms with Crippen molar-refractivity contribution in [1.29, 1.82) is 0 Å². The van der Waals surface area contributed by atoms with Gasteiger partial charge in [-0.1, -0.05) is 12.1 Å². The minimum atomic E-state index is -0.956. The average molecular weight is 238 g/mol. The lowest BCUT2D eigenvalue weighted by Crippen LogP contribution is -2.03. The predicted octanol–water partition coefficient (Wildman–Crippen LogP) is 2.38. The molecule has 0 atom stereocenters. The molecule has 17 heavy (non-hydrogen) atoms. The summed E-state index contributed by atoms with van der Waals surface area (Å²) in [5.41, 5.74) is 0.959. The molecule has 0 aliphatic heterocycles. The molecule has 1 fully saturated rings. The predicted molar refractivity (Wildman–Crippen MR) is 60.1 cm³/mol. The third-order valence-electron chi connectivity index (χ3n) is 2.78. The van der Waals surface area contributed by atoms with E-state index in [1.54, 1.807) is 12.1 Å². The maximum atomic E-state index is 13.6. The monoisotopic (exact) mass is 238 g/mol. The normalized spacial score (nSPS) is 14.9. The molecular formula is C13H15FO3. The first kappa shape index (κ1) is 12.0. The summed E-state index contributed by atoms with van der Waals surface area (Å²) in [6.45, 7) is 0.950. The summed E-state index contributed by atoms with van der Waals surface area (Å²) < 4.78 is 19.0. The van der Waals surface area contributed by atoms with Crippen LogP contribution in [0.4, 0.5) is 4.39 Å². The van der Waals surface area contributed by atoms with Gasteiger partial charge in [-0.05, 0) is 30.4 Å². The molecule has 0 radical (unpaired) electrons. The van der Waals surface area contributed by atoms with Crippen molar-refractivity contribution in [3.05, 3.63) is 35.1 Å². The van der Waals surface area contributed by atoms with Gasteiger partial charge in [0.15, 0.2) is 0 Å². The van der Waals surface area contributed by atoms with Crippen molar-refractivity contribution in [2.45, 2.75) is 25.9 Å². The van der Waals surface area contributed by atoms with Crippen LogP contribution in [-0.4, -0.2) is 17.7 Å². The maximum Gasteiger partial charge on any atom is 0.307 e. The number of benzene rings is 1. The smallest absolute Gasteiger partial charge is 0.307 e. The first-order chi connectivity index (χ1) is 8.15. The molecule has 1 aliphatic rings. The second-order valence-corrected chi connectivity index (χ2v) is 4.45. The van der Waals surface area contributed by atoms with E-state index in [-0.39, 0.29) is 18.8 Å². The molecule has 0 saturated heterocycles. The van der Waals surface area contributed by atoms with E-state index in [2.05, 4.69) is 0 Å². The van der Waals surface area contributed by atoms with Crippen molar-refractivity contribution < 1.29 is 19.0 Å². The summed E-state index contributed by atoms with van der Waals surface area (Å²) in [4.78, 5) is 10.5. The number of hydrogen-bond acceptors (Lipinski definition) is 2. The number of carbonyl (C=O) groups is 1. The lowest BCUT2D eigenvalue weighted by Gasteiger charge is -2.06. The lowest BCUT2D eigenvalue weighted by molar-refractivity contribution is -0.136. The molecule has 0 aromatic heterocycles. The van der Waals surface area contributed by atoms with Gasteiger partial charge < -0.3 is 9.84 Å². The quantitative estimate of drug-likeness (QED) is 0.827. The van der Waals surface area contributed by atoms with E-state index in [1.165, 1.54) is 18.9 Å². The van der Waals surface area contributed by atoms with Crippen molar-refractivity contribution in [2.24, 2.45) is 5.92 Å². The molecule has 1 aliphatic carbocycles. The first-order valence-electron chi connectivity index (χ1n) is 5.72. The van der Waals surface area contributed by atoms with Crippen molar-refractivity contribution >= 4 is 5.97 Å². The summed E-state index contributed by atoms with van der Waals surface area (Å²) in [7, 11) is 0. The molecule has 92 valence electrons. The van der Waals surface area contributed by atoms with Crippen molar-refractivity contribution in [2.75, 3.05) is 6.61 Å². The number of carboxylic acid groups (broad SMARTS) is 1. The van der Waals surface area contributed by atoms with Gasteiger partial charge in [0, 0.05) is 12.2 Å². The SMILES string of the molecule is O=C(O)Cc1ccc(COCC2CC2)c(F)c1. The summed E-state index contributed by atoms with van der Waals surface area (Å²) in [5.74, 6) is -0.689. The minimum absolute atomic E-state index is 0.153. The van der Waals surface area contributed by atoms with Crippen LogP contribution in [0, 0.1) is 11.7 Å². The van der Waals surface area contributed by atoms with E-state index in [4.69, 9.17) is 9.84 Å². The standard InChI is InChI=1S/C13H15FO3/c14-12-5-10(6-13(15)16)3-4-11(12)8-17-7-9-1-2-9/h3-5,9H,1-2,6-8H2,(H,15,16). The topological polar surface area (TPSA) is 46.5 Å². The zero-order chi connectivity index (χ0) is 12.3. The molecule has 2 rings (SSSR count). The van der Waals surface area contributed by atoms with Gasteiger partial charge in [0.1, 0.15) is 5.82 Å². The molecule has 1 N–H and O–H groups in total. The molecule has 0 spiro atoms. The van der Waals surface area contributed by atoms with Crippen molar-refractivity contribution in [1.82, 2.24) is 0 Å². The number of ether oxygens (including phenoxy) is 1. The van der Waals surface area contributed by atoms with Crippen LogP contribution < -0.4 is 0 Å². The van der Waals surface area contributed by atoms with Gasteiger partial charge >= 0.3 is 5.97 Å². The molecule has 1 aromatic carbocycles. The Kier molecular flexibility index (Phi) is 3.74. The Labute approximate surface area is 99.2 Å². The van der Waals surface area contributed by atoms with Gasteiger partial charge in [-0.25, -0.2) is 4.39 Å². The van der Waals surface area contributed by atoms with Gasteiger partial charge in [0.05, 0.1) is 13.0 Å². The van der Waals surface area contributed by atoms with Gasteiger partial charge in [-0.2, -0.15) is 0 Å². The van der Waals surface area contributed by atoms with E-state index in [0.717, 1.165) is 0 Å². The number of carboxylic acids is 1. The summed E-state index contributed by atoms with van der Waals surface area (Å²) in [6.07, 6.45) is 2.26. The Morgan fingerprint density at radius 1 is 1.47 bits per heavy atom. The molecule has 3 nitrogen and oxygen atoms in total. The van der Waals surface area contributed by atoms with E-state index < -0.39 is 5.97 Å². The second-order valence-electron chi connectivity index (χ2n) is 4.45. The van der Waals surface area contributed by atoms with Gasteiger partial charge in [-0.15, -0.1) is 0 Å². The third-order valence-corrected chi connectivity index (χ3v) is 2.78. The lowest BCUT2D eigenvalue weighted by atomic mass is 10.1. The zero-order valence-corrected chi connectivity index (χ0v) is 9.49. The van der Waals surface area contributed by atoms with Crippen molar-refractivity contribution in [3.8, 4) is 0 Å². The summed E-state index contributed by atoms with van der Waals surface area (Å²) >= 11 is 0. The number of halogens is 1. The molecule has 1 saturated carbocycles. The first-order valence-corrected chi connectivity index (χ1v) is 5.72. The fourth-order valence-corrected chi connectivity index (χ4v) is 1.61. The Hall–Kier alpha value is -1.42. The van der Waals surface area contributed by atoms with Crippen LogP contribution in [0.15, 0.2) is 18.2 Å². The number of rotatable bonds is 6. The highest BCUT2D eigenvalue weighted by Gasteiger charge is 2.21. The van der Waals surface area contributed by atoms with Crippen LogP contribution in [0.5, 0.6) is 0 Å². The molecular weight excluding hydrogens is 223 g/mol. The number of aliphatic carboxylic acids is 1. The van der Waals surface area contributed by atoms with Crippen molar-refractivity contribution in [3.63, 3.8) is 0 Å². The van der Waals surface area contributed by atoms with Crippen LogP contribution >= 0.6 is 0 Å². The van der Waals surface area contributed by atoms with E-state index in [1.807, 2.05) is 0 Å². The average Bonchev–Trinajstić information content (AvgIpc) is 3.04. The van der Waals surface area contributed by atoms with E-state index in [9.17, 15) is 9.18 Å². The summed E-state index contributed by atoms with van der Waals surface area (Å²) in [6, 6.07) is 4.50. The Bertz CT molecular complexity index is 413. The van der Waals surface area contributed by atoms with Crippen LogP contribution in [0.2, 0.25) is 0 Å². The Balaban J connectivity index is 1.90. The maximum absolute atomic E-state index is 13.6. The van der Waals surface area contributed by atoms with Gasteiger partial charge in [0.25, 0.3) is 0 Å². The molecule has 1 aromatic rings. The van der Waals surface area contributed by atoms with Crippen LogP contribution in [0.1, 0.15) is 24.0 Å². The molecule has 0 bridgehead atoms. The third kappa shape index (κ3) is 3.82. The molecule has 0 unspecified atom stereocenters. The Morgan fingerprint density at radius 3 is 2.82 bits per heavy atom.